The van der Waals surface area contributed by atoms with E-state index in [4.69, 9.17) is 4.99 Å². The molecule has 4 nitrogen and oxygen atoms in total. The number of fused-ring (bicyclic) bond motifs is 1. The fraction of sp³-hybridized carbons (Fsp3) is 0.217. The Morgan fingerprint density at radius 3 is 2.66 bits per heavy atom. The van der Waals surface area contributed by atoms with E-state index in [1.54, 1.807) is 17.7 Å². The molecule has 0 aliphatic carbocycles. The van der Waals surface area contributed by atoms with Gasteiger partial charge >= 0.3 is 0 Å². The highest BCUT2D eigenvalue weighted by Gasteiger charge is 2.25. The number of likely N-dealkylation sites (N-methyl/N-ethyl adjacent to an activating group) is 1. The van der Waals surface area contributed by atoms with Crippen molar-refractivity contribution in [3.63, 3.8) is 0 Å². The molecule has 2 aromatic heterocycles. The number of aliphatic imine (C=N–C) groups is 2. The number of rotatable bonds is 3. The third kappa shape index (κ3) is 3.22. The Hall–Kier alpha value is -2.70. The molecule has 1 N–H and O–H groups in total. The van der Waals surface area contributed by atoms with E-state index in [9.17, 15) is 0 Å². The number of hydrogen-bond donors (Lipinski definition) is 1. The van der Waals surface area contributed by atoms with Gasteiger partial charge in [-0.15, -0.1) is 22.7 Å². The average Bonchev–Trinajstić information content (AvgIpc) is 3.31. The first-order valence-corrected chi connectivity index (χ1v) is 11.3. The van der Waals surface area contributed by atoms with Crippen molar-refractivity contribution in [1.82, 2.24) is 10.2 Å². The van der Waals surface area contributed by atoms with Crippen LogP contribution in [0.15, 0.2) is 69.2 Å². The zero-order valence-corrected chi connectivity index (χ0v) is 18.2. The predicted molar refractivity (Wildman–Crippen MR) is 125 cm³/mol. The summed E-state index contributed by atoms with van der Waals surface area (Å²) >= 11 is 3.63. The van der Waals surface area contributed by atoms with E-state index in [0.29, 0.717) is 0 Å². The van der Waals surface area contributed by atoms with Crippen LogP contribution < -0.4 is 5.32 Å². The van der Waals surface area contributed by atoms with Crippen molar-refractivity contribution in [2.24, 2.45) is 9.98 Å². The van der Waals surface area contributed by atoms with Gasteiger partial charge in [-0.1, -0.05) is 18.2 Å². The van der Waals surface area contributed by atoms with Gasteiger partial charge in [0.2, 0.25) is 0 Å². The van der Waals surface area contributed by atoms with Gasteiger partial charge in [0, 0.05) is 21.5 Å². The van der Waals surface area contributed by atoms with Crippen LogP contribution in [0.2, 0.25) is 0 Å². The topological polar surface area (TPSA) is 40.0 Å². The van der Waals surface area contributed by atoms with E-state index in [1.807, 2.05) is 17.7 Å². The van der Waals surface area contributed by atoms with Crippen molar-refractivity contribution in [3.05, 3.63) is 80.1 Å². The lowest BCUT2D eigenvalue weighted by atomic mass is 9.99. The van der Waals surface area contributed by atoms with Gasteiger partial charge in [0.05, 0.1) is 36.2 Å². The molecular weight excluding hydrogens is 396 g/mol. The molecule has 3 aromatic rings. The molecule has 2 atom stereocenters. The molecular formula is C23H22N4S2. The normalized spacial score (nSPS) is 21.3. The Bertz CT molecular complexity index is 1190. The van der Waals surface area contributed by atoms with E-state index >= 15 is 0 Å². The zero-order valence-electron chi connectivity index (χ0n) is 16.6. The molecule has 6 heteroatoms. The average molecular weight is 419 g/mol. The number of thiophene rings is 2. The molecule has 146 valence electrons. The van der Waals surface area contributed by atoms with Crippen molar-refractivity contribution in [2.45, 2.75) is 25.9 Å². The van der Waals surface area contributed by atoms with Gasteiger partial charge in [0.25, 0.3) is 0 Å². The summed E-state index contributed by atoms with van der Waals surface area (Å²) in [6, 6.07) is 11.1. The fourth-order valence-corrected chi connectivity index (χ4v) is 5.87. The largest absolute Gasteiger partial charge is 0.366 e. The van der Waals surface area contributed by atoms with E-state index < -0.39 is 0 Å². The smallest absolute Gasteiger partial charge is 0.0918 e. The van der Waals surface area contributed by atoms with Crippen LogP contribution in [0.4, 0.5) is 0 Å². The quantitative estimate of drug-likeness (QED) is 0.590. The molecule has 0 fully saturated rings. The summed E-state index contributed by atoms with van der Waals surface area (Å²) in [5, 5.41) is 6.83. The van der Waals surface area contributed by atoms with Crippen LogP contribution in [0.1, 0.15) is 33.0 Å². The second-order valence-electron chi connectivity index (χ2n) is 7.36. The lowest BCUT2D eigenvalue weighted by Gasteiger charge is -2.29. The predicted octanol–water partition coefficient (Wildman–Crippen LogP) is 5.74. The minimum absolute atomic E-state index is 0.131. The van der Waals surface area contributed by atoms with Crippen LogP contribution in [0.5, 0.6) is 0 Å². The molecule has 5 rings (SSSR count). The van der Waals surface area contributed by atoms with Crippen LogP contribution in [0, 0.1) is 13.8 Å². The maximum Gasteiger partial charge on any atom is 0.0918 e. The molecule has 0 saturated heterocycles. The number of aryl methyl sites for hydroxylation is 2. The highest BCUT2D eigenvalue weighted by Crippen LogP contribution is 2.39. The molecule has 0 spiro atoms. The second kappa shape index (κ2) is 7.28. The minimum Gasteiger partial charge on any atom is -0.366 e. The summed E-state index contributed by atoms with van der Waals surface area (Å²) in [7, 11) is 2.09. The monoisotopic (exact) mass is 418 g/mol. The molecule has 1 aromatic carbocycles. The SMILES string of the molecule is Cc1sccc1C1C=C(C2=CC(c3c(C)sc4ccccc34)N(C)C=N2)N=CN1. The van der Waals surface area contributed by atoms with Gasteiger partial charge in [-0.3, -0.25) is 0 Å². The summed E-state index contributed by atoms with van der Waals surface area (Å²) in [6.07, 6.45) is 8.15. The minimum atomic E-state index is 0.131. The Morgan fingerprint density at radius 2 is 1.83 bits per heavy atom. The lowest BCUT2D eigenvalue weighted by Crippen LogP contribution is -2.26. The third-order valence-corrected chi connectivity index (χ3v) is 7.49. The molecule has 0 bridgehead atoms. The van der Waals surface area contributed by atoms with Gasteiger partial charge in [-0.2, -0.15) is 0 Å². The summed E-state index contributed by atoms with van der Waals surface area (Å²) in [5.41, 5.74) is 4.51. The zero-order chi connectivity index (χ0) is 20.0. The van der Waals surface area contributed by atoms with Gasteiger partial charge in [0.1, 0.15) is 0 Å². The first-order valence-electron chi connectivity index (χ1n) is 9.62. The van der Waals surface area contributed by atoms with Crippen LogP contribution in [-0.4, -0.2) is 24.6 Å². The van der Waals surface area contributed by atoms with Gasteiger partial charge < -0.3 is 10.2 Å². The highest BCUT2D eigenvalue weighted by molar-refractivity contribution is 7.19. The summed E-state index contributed by atoms with van der Waals surface area (Å²) in [6.45, 7) is 4.37. The molecule has 0 amide bonds. The van der Waals surface area contributed by atoms with E-state index in [-0.39, 0.29) is 12.1 Å². The summed E-state index contributed by atoms with van der Waals surface area (Å²) in [4.78, 5) is 14.2. The van der Waals surface area contributed by atoms with Crippen molar-refractivity contribution < 1.29 is 0 Å². The lowest BCUT2D eigenvalue weighted by molar-refractivity contribution is 0.444. The summed E-state index contributed by atoms with van der Waals surface area (Å²) in [5.74, 6) is 0. The summed E-state index contributed by atoms with van der Waals surface area (Å²) < 4.78 is 1.33. The van der Waals surface area contributed by atoms with E-state index in [1.165, 1.54) is 31.0 Å². The Balaban J connectivity index is 1.55. The van der Waals surface area contributed by atoms with Crippen LogP contribution in [0.25, 0.3) is 10.1 Å². The number of benzene rings is 1. The van der Waals surface area contributed by atoms with Crippen LogP contribution in [0.3, 0.4) is 0 Å². The fourth-order valence-electron chi connectivity index (χ4n) is 4.01. The second-order valence-corrected chi connectivity index (χ2v) is 9.74. The maximum absolute atomic E-state index is 4.70. The number of nitrogens with zero attached hydrogens (tertiary/aromatic N) is 3. The van der Waals surface area contributed by atoms with Gasteiger partial charge in [0.15, 0.2) is 0 Å². The first kappa shape index (κ1) is 18.3. The van der Waals surface area contributed by atoms with E-state index in [0.717, 1.165) is 11.4 Å². The van der Waals surface area contributed by atoms with Gasteiger partial charge in [-0.25, -0.2) is 9.98 Å². The third-order valence-electron chi connectivity index (χ3n) is 5.53. The van der Waals surface area contributed by atoms with Crippen LogP contribution >= 0.6 is 22.7 Å². The standard InChI is InChI=1S/C23H22N4S2/c1-14-16(8-9-28-14)18-10-19(25-12-24-18)20-11-21(27(3)13-26-20)23-15(2)29-22-7-5-4-6-17(22)23/h4-13,18,21H,1-3H3,(H,24,25). The van der Waals surface area contributed by atoms with E-state index in [2.05, 4.69) is 84.0 Å². The Labute approximate surface area is 178 Å². The Morgan fingerprint density at radius 1 is 1.00 bits per heavy atom. The van der Waals surface area contributed by atoms with Crippen molar-refractivity contribution in [3.8, 4) is 0 Å². The molecule has 29 heavy (non-hydrogen) atoms. The van der Waals surface area contributed by atoms with Crippen molar-refractivity contribution >= 4 is 45.4 Å². The molecule has 4 heterocycles. The molecule has 2 aliphatic heterocycles. The van der Waals surface area contributed by atoms with Crippen molar-refractivity contribution in [1.29, 1.82) is 0 Å². The maximum atomic E-state index is 4.70. The number of hydrogen-bond acceptors (Lipinski definition) is 6. The number of nitrogens with one attached hydrogen (secondary N) is 1. The highest BCUT2D eigenvalue weighted by atomic mass is 32.1. The molecule has 2 unspecified atom stereocenters. The first-order chi connectivity index (χ1) is 14.1. The van der Waals surface area contributed by atoms with Gasteiger partial charge in [-0.05, 0) is 60.0 Å². The Kier molecular flexibility index (Phi) is 4.60. The molecule has 0 radical (unpaired) electrons. The van der Waals surface area contributed by atoms with Crippen LogP contribution in [-0.2, 0) is 0 Å². The molecule has 2 aliphatic rings. The van der Waals surface area contributed by atoms with Crippen molar-refractivity contribution in [2.75, 3.05) is 7.05 Å². The molecule has 0 saturated carbocycles.